The van der Waals surface area contributed by atoms with Gasteiger partial charge < -0.3 is 0 Å². The van der Waals surface area contributed by atoms with Crippen molar-refractivity contribution in [3.8, 4) is 0 Å². The van der Waals surface area contributed by atoms with Gasteiger partial charge in [0.1, 0.15) is 0 Å². The number of pyridine rings is 1. The molecule has 2 aromatic heterocycles. The van der Waals surface area contributed by atoms with E-state index in [1.165, 1.54) is 4.88 Å². The summed E-state index contributed by atoms with van der Waals surface area (Å²) in [6.07, 6.45) is 1.86. The van der Waals surface area contributed by atoms with Gasteiger partial charge in [0.05, 0.1) is 5.69 Å². The molecule has 0 spiro atoms. The minimum atomic E-state index is 0.527. The van der Waals surface area contributed by atoms with Crippen molar-refractivity contribution < 1.29 is 0 Å². The maximum atomic E-state index is 4.39. The van der Waals surface area contributed by atoms with Crippen LogP contribution in [0.1, 0.15) is 24.4 Å². The van der Waals surface area contributed by atoms with Gasteiger partial charge >= 0.3 is 0 Å². The van der Waals surface area contributed by atoms with Gasteiger partial charge in [-0.25, -0.2) is 0 Å². The Labute approximate surface area is 107 Å². The van der Waals surface area contributed by atoms with Crippen LogP contribution in [0.3, 0.4) is 0 Å². The molecule has 2 heterocycles. The van der Waals surface area contributed by atoms with Crippen LogP contribution in [0.5, 0.6) is 0 Å². The molecule has 0 bridgehead atoms. The first kappa shape index (κ1) is 12.3. The van der Waals surface area contributed by atoms with Crippen molar-refractivity contribution in [2.75, 3.05) is 0 Å². The predicted molar refractivity (Wildman–Crippen MR) is 72.9 cm³/mol. The van der Waals surface area contributed by atoms with Crippen molar-refractivity contribution in [2.45, 2.75) is 33.0 Å². The second-order valence-electron chi connectivity index (χ2n) is 4.40. The van der Waals surface area contributed by atoms with Crippen LogP contribution >= 0.6 is 11.3 Å². The summed E-state index contributed by atoms with van der Waals surface area (Å²) in [6.45, 7) is 6.38. The van der Waals surface area contributed by atoms with E-state index < -0.39 is 0 Å². The Balaban J connectivity index is 2.03. The molecule has 0 aromatic carbocycles. The average Bonchev–Trinajstić information content (AvgIpc) is 2.82. The summed E-state index contributed by atoms with van der Waals surface area (Å²) >= 11 is 1.82. The fraction of sp³-hybridized carbons (Fsp3) is 0.357. The first-order valence-electron chi connectivity index (χ1n) is 5.92. The quantitative estimate of drug-likeness (QED) is 0.802. The lowest BCUT2D eigenvalue weighted by molar-refractivity contribution is 0.203. The molecule has 90 valence electrons. The molecule has 2 aromatic rings. The first-order chi connectivity index (χ1) is 8.25. The lowest BCUT2D eigenvalue weighted by Gasteiger charge is -2.25. The van der Waals surface area contributed by atoms with Gasteiger partial charge in [-0.1, -0.05) is 12.1 Å². The summed E-state index contributed by atoms with van der Waals surface area (Å²) in [5, 5.41) is 2.13. The zero-order valence-electron chi connectivity index (χ0n) is 10.3. The van der Waals surface area contributed by atoms with E-state index in [1.807, 2.05) is 29.7 Å². The van der Waals surface area contributed by atoms with Gasteiger partial charge in [-0.3, -0.25) is 9.88 Å². The molecule has 0 N–H and O–H groups in total. The Morgan fingerprint density at radius 2 is 2.06 bits per heavy atom. The Hall–Kier alpha value is -1.19. The number of hydrogen-bond donors (Lipinski definition) is 0. The lowest BCUT2D eigenvalue weighted by atomic mass is 10.2. The van der Waals surface area contributed by atoms with Gasteiger partial charge in [0.2, 0.25) is 0 Å². The van der Waals surface area contributed by atoms with Gasteiger partial charge in [0.25, 0.3) is 0 Å². The van der Waals surface area contributed by atoms with Crippen LogP contribution in [0.25, 0.3) is 0 Å². The Morgan fingerprint density at radius 3 is 2.65 bits per heavy atom. The summed E-state index contributed by atoms with van der Waals surface area (Å²) in [4.78, 5) is 8.24. The summed E-state index contributed by atoms with van der Waals surface area (Å²) in [5.41, 5.74) is 1.14. The van der Waals surface area contributed by atoms with E-state index in [9.17, 15) is 0 Å². The first-order valence-corrected chi connectivity index (χ1v) is 6.80. The van der Waals surface area contributed by atoms with E-state index in [4.69, 9.17) is 0 Å². The predicted octanol–water partition coefficient (Wildman–Crippen LogP) is 3.55. The van der Waals surface area contributed by atoms with E-state index >= 15 is 0 Å². The van der Waals surface area contributed by atoms with E-state index in [2.05, 4.69) is 47.3 Å². The lowest BCUT2D eigenvalue weighted by Crippen LogP contribution is -2.29. The molecule has 2 nitrogen and oxygen atoms in total. The van der Waals surface area contributed by atoms with Crippen LogP contribution in [0, 0.1) is 0 Å². The SMILES string of the molecule is CC(C)N(Cc1ccccn1)Cc1cccs1. The molecule has 0 aliphatic heterocycles. The van der Waals surface area contributed by atoms with Crippen LogP contribution in [-0.4, -0.2) is 15.9 Å². The largest absolute Gasteiger partial charge is 0.290 e. The summed E-state index contributed by atoms with van der Waals surface area (Å²) in [5.74, 6) is 0. The number of thiophene rings is 1. The molecule has 0 aliphatic rings. The molecule has 3 heteroatoms. The molecule has 0 radical (unpaired) electrons. The van der Waals surface area contributed by atoms with Gasteiger partial charge in [0.15, 0.2) is 0 Å². The second-order valence-corrected chi connectivity index (χ2v) is 5.43. The van der Waals surface area contributed by atoms with E-state index in [1.54, 1.807) is 0 Å². The molecule has 2 rings (SSSR count). The van der Waals surface area contributed by atoms with Crippen molar-refractivity contribution in [3.05, 3.63) is 52.5 Å². The zero-order chi connectivity index (χ0) is 12.1. The van der Waals surface area contributed by atoms with E-state index in [-0.39, 0.29) is 0 Å². The van der Waals surface area contributed by atoms with Crippen molar-refractivity contribution in [1.29, 1.82) is 0 Å². The van der Waals surface area contributed by atoms with E-state index in [0.717, 1.165) is 18.8 Å². The standard InChI is InChI=1S/C14H18N2S/c1-12(2)16(11-14-7-5-9-17-14)10-13-6-3-4-8-15-13/h3-9,12H,10-11H2,1-2H3. The van der Waals surface area contributed by atoms with Crippen molar-refractivity contribution in [1.82, 2.24) is 9.88 Å². The highest BCUT2D eigenvalue weighted by molar-refractivity contribution is 7.09. The second kappa shape index (κ2) is 5.94. The molecule has 0 amide bonds. The highest BCUT2D eigenvalue weighted by Gasteiger charge is 2.11. The topological polar surface area (TPSA) is 16.1 Å². The monoisotopic (exact) mass is 246 g/mol. The molecule has 0 saturated carbocycles. The van der Waals surface area contributed by atoms with Gasteiger partial charge in [-0.15, -0.1) is 11.3 Å². The molecule has 0 aliphatic carbocycles. The number of aromatic nitrogens is 1. The maximum Gasteiger partial charge on any atom is 0.0544 e. The Kier molecular flexibility index (Phi) is 4.29. The third-order valence-corrected chi connectivity index (χ3v) is 3.62. The highest BCUT2D eigenvalue weighted by atomic mass is 32.1. The average molecular weight is 246 g/mol. The van der Waals surface area contributed by atoms with Crippen LogP contribution < -0.4 is 0 Å². The maximum absolute atomic E-state index is 4.39. The third-order valence-electron chi connectivity index (χ3n) is 2.76. The molecule has 0 saturated heterocycles. The zero-order valence-corrected chi connectivity index (χ0v) is 11.2. The fourth-order valence-electron chi connectivity index (χ4n) is 1.72. The van der Waals surface area contributed by atoms with Crippen molar-refractivity contribution >= 4 is 11.3 Å². The van der Waals surface area contributed by atoms with Crippen LogP contribution in [0.4, 0.5) is 0 Å². The smallest absolute Gasteiger partial charge is 0.0544 e. The number of nitrogens with zero attached hydrogens (tertiary/aromatic N) is 2. The van der Waals surface area contributed by atoms with Gasteiger partial charge in [-0.2, -0.15) is 0 Å². The highest BCUT2D eigenvalue weighted by Crippen LogP contribution is 2.15. The Morgan fingerprint density at radius 1 is 1.18 bits per heavy atom. The summed E-state index contributed by atoms with van der Waals surface area (Å²) in [7, 11) is 0. The molecule has 0 fully saturated rings. The molecule has 0 unspecified atom stereocenters. The minimum Gasteiger partial charge on any atom is -0.290 e. The van der Waals surface area contributed by atoms with Gasteiger partial charge in [0, 0.05) is 30.2 Å². The molecular weight excluding hydrogens is 228 g/mol. The van der Waals surface area contributed by atoms with E-state index in [0.29, 0.717) is 6.04 Å². The number of rotatable bonds is 5. The molecular formula is C14H18N2S. The molecule has 0 atom stereocenters. The fourth-order valence-corrected chi connectivity index (χ4v) is 2.45. The minimum absolute atomic E-state index is 0.527. The van der Waals surface area contributed by atoms with Crippen LogP contribution in [0.15, 0.2) is 41.9 Å². The normalized spacial score (nSPS) is 11.3. The Bertz CT molecular complexity index is 423. The third kappa shape index (κ3) is 3.65. The summed E-state index contributed by atoms with van der Waals surface area (Å²) < 4.78 is 0. The number of hydrogen-bond acceptors (Lipinski definition) is 3. The van der Waals surface area contributed by atoms with Crippen molar-refractivity contribution in [2.24, 2.45) is 0 Å². The van der Waals surface area contributed by atoms with Gasteiger partial charge in [-0.05, 0) is 37.4 Å². The van der Waals surface area contributed by atoms with Crippen molar-refractivity contribution in [3.63, 3.8) is 0 Å². The van der Waals surface area contributed by atoms with Crippen LogP contribution in [0.2, 0.25) is 0 Å². The summed E-state index contributed by atoms with van der Waals surface area (Å²) in [6, 6.07) is 10.9. The van der Waals surface area contributed by atoms with Crippen LogP contribution in [-0.2, 0) is 13.1 Å². The molecule has 17 heavy (non-hydrogen) atoms.